The molecule has 0 atom stereocenters. The molecule has 1 heterocycles. The molecule has 0 aliphatic rings. The predicted molar refractivity (Wildman–Crippen MR) is 117 cm³/mol. The van der Waals surface area contributed by atoms with Crippen LogP contribution in [0.2, 0.25) is 0 Å². The van der Waals surface area contributed by atoms with E-state index in [-0.39, 0.29) is 0 Å². The first kappa shape index (κ1) is 17.1. The standard InChI is InChI=1S/C24H25NS/c1-15(2)17-11-18(16(3)4)13-20(12-17)25-19-9-10-22-21-7-5-6-8-23(21)26-24(22)14-19/h5-16,25H,1-4H3. The van der Waals surface area contributed by atoms with Gasteiger partial charge in [-0.1, -0.05) is 58.0 Å². The molecule has 1 aromatic heterocycles. The molecule has 0 saturated carbocycles. The lowest BCUT2D eigenvalue weighted by molar-refractivity contribution is 0.834. The molecule has 0 aliphatic heterocycles. The zero-order valence-electron chi connectivity index (χ0n) is 15.8. The van der Waals surface area contributed by atoms with E-state index in [1.165, 1.54) is 37.0 Å². The maximum absolute atomic E-state index is 3.64. The fourth-order valence-corrected chi connectivity index (χ4v) is 4.53. The third-order valence-electron chi connectivity index (χ3n) is 4.98. The van der Waals surface area contributed by atoms with Crippen molar-refractivity contribution in [2.75, 3.05) is 5.32 Å². The van der Waals surface area contributed by atoms with E-state index in [1.807, 2.05) is 11.3 Å². The van der Waals surface area contributed by atoms with Crippen LogP contribution in [0.3, 0.4) is 0 Å². The van der Waals surface area contributed by atoms with Crippen LogP contribution in [0.25, 0.3) is 20.2 Å². The summed E-state index contributed by atoms with van der Waals surface area (Å²) in [5.41, 5.74) is 5.11. The lowest BCUT2D eigenvalue weighted by Gasteiger charge is -2.15. The summed E-state index contributed by atoms with van der Waals surface area (Å²) in [6.07, 6.45) is 0. The molecule has 4 aromatic rings. The summed E-state index contributed by atoms with van der Waals surface area (Å²) in [6.45, 7) is 9.03. The van der Waals surface area contributed by atoms with Crippen LogP contribution >= 0.6 is 11.3 Å². The molecule has 4 rings (SSSR count). The van der Waals surface area contributed by atoms with E-state index in [9.17, 15) is 0 Å². The Morgan fingerprint density at radius 3 is 2.00 bits per heavy atom. The SMILES string of the molecule is CC(C)c1cc(Nc2ccc3c(c2)sc2ccccc23)cc(C(C)C)c1. The summed E-state index contributed by atoms with van der Waals surface area (Å²) >= 11 is 1.86. The van der Waals surface area contributed by atoms with E-state index in [4.69, 9.17) is 0 Å². The molecule has 0 radical (unpaired) electrons. The smallest absolute Gasteiger partial charge is 0.0398 e. The highest BCUT2D eigenvalue weighted by Crippen LogP contribution is 2.36. The highest BCUT2D eigenvalue weighted by Gasteiger charge is 2.09. The van der Waals surface area contributed by atoms with E-state index in [0.29, 0.717) is 11.8 Å². The Kier molecular flexibility index (Phi) is 4.46. The van der Waals surface area contributed by atoms with Gasteiger partial charge in [0.05, 0.1) is 0 Å². The maximum Gasteiger partial charge on any atom is 0.0398 e. The van der Waals surface area contributed by atoms with Crippen molar-refractivity contribution in [2.24, 2.45) is 0 Å². The highest BCUT2D eigenvalue weighted by molar-refractivity contribution is 7.25. The molecule has 132 valence electrons. The zero-order valence-corrected chi connectivity index (χ0v) is 16.7. The van der Waals surface area contributed by atoms with Crippen molar-refractivity contribution in [1.29, 1.82) is 0 Å². The number of anilines is 2. The van der Waals surface area contributed by atoms with Gasteiger partial charge in [0.25, 0.3) is 0 Å². The molecular formula is C24H25NS. The van der Waals surface area contributed by atoms with Gasteiger partial charge in [0, 0.05) is 31.5 Å². The number of hydrogen-bond acceptors (Lipinski definition) is 2. The number of fused-ring (bicyclic) bond motifs is 3. The first-order chi connectivity index (χ1) is 12.5. The average molecular weight is 360 g/mol. The molecule has 2 heteroatoms. The first-order valence-electron chi connectivity index (χ1n) is 9.34. The molecule has 1 nitrogen and oxygen atoms in total. The van der Waals surface area contributed by atoms with E-state index < -0.39 is 0 Å². The Morgan fingerprint density at radius 2 is 1.31 bits per heavy atom. The Bertz CT molecular complexity index is 1050. The van der Waals surface area contributed by atoms with Crippen LogP contribution < -0.4 is 5.32 Å². The molecule has 26 heavy (non-hydrogen) atoms. The average Bonchev–Trinajstić information content (AvgIpc) is 2.99. The van der Waals surface area contributed by atoms with Crippen molar-refractivity contribution in [3.05, 3.63) is 71.8 Å². The Labute approximate surface area is 159 Å². The van der Waals surface area contributed by atoms with Crippen molar-refractivity contribution in [1.82, 2.24) is 0 Å². The van der Waals surface area contributed by atoms with Gasteiger partial charge in [-0.05, 0) is 53.3 Å². The van der Waals surface area contributed by atoms with Crippen molar-refractivity contribution >= 4 is 42.9 Å². The minimum Gasteiger partial charge on any atom is -0.355 e. The van der Waals surface area contributed by atoms with Crippen LogP contribution in [0.4, 0.5) is 11.4 Å². The number of rotatable bonds is 4. The predicted octanol–water partition coefficient (Wildman–Crippen LogP) is 8.04. The second-order valence-corrected chi connectivity index (χ2v) is 8.72. The van der Waals surface area contributed by atoms with Crippen LogP contribution in [-0.2, 0) is 0 Å². The maximum atomic E-state index is 3.64. The van der Waals surface area contributed by atoms with Crippen LogP contribution in [-0.4, -0.2) is 0 Å². The van der Waals surface area contributed by atoms with E-state index in [2.05, 4.69) is 93.7 Å². The van der Waals surface area contributed by atoms with E-state index in [1.54, 1.807) is 0 Å². The van der Waals surface area contributed by atoms with Gasteiger partial charge in [-0.15, -0.1) is 11.3 Å². The molecule has 0 amide bonds. The number of benzene rings is 3. The van der Waals surface area contributed by atoms with Gasteiger partial charge < -0.3 is 5.32 Å². The molecule has 0 spiro atoms. The summed E-state index contributed by atoms with van der Waals surface area (Å²) in [5, 5.41) is 6.33. The highest BCUT2D eigenvalue weighted by atomic mass is 32.1. The van der Waals surface area contributed by atoms with Crippen LogP contribution in [0.5, 0.6) is 0 Å². The summed E-state index contributed by atoms with van der Waals surface area (Å²) < 4.78 is 2.68. The molecule has 0 unspecified atom stereocenters. The second-order valence-electron chi connectivity index (χ2n) is 7.63. The summed E-state index contributed by atoms with van der Waals surface area (Å²) in [6, 6.07) is 22.3. The lowest BCUT2D eigenvalue weighted by atomic mass is 9.95. The normalized spacial score (nSPS) is 11.8. The van der Waals surface area contributed by atoms with Crippen LogP contribution in [0.1, 0.15) is 50.7 Å². The minimum atomic E-state index is 0.527. The van der Waals surface area contributed by atoms with Gasteiger partial charge in [-0.2, -0.15) is 0 Å². The number of thiophene rings is 1. The molecule has 0 fully saturated rings. The van der Waals surface area contributed by atoms with Gasteiger partial charge >= 0.3 is 0 Å². The van der Waals surface area contributed by atoms with Gasteiger partial charge in [-0.25, -0.2) is 0 Å². The number of hydrogen-bond donors (Lipinski definition) is 1. The fraction of sp³-hybridized carbons (Fsp3) is 0.250. The molecule has 3 aromatic carbocycles. The fourth-order valence-electron chi connectivity index (χ4n) is 3.39. The third kappa shape index (κ3) is 3.22. The minimum absolute atomic E-state index is 0.527. The van der Waals surface area contributed by atoms with Crippen LogP contribution in [0.15, 0.2) is 60.7 Å². The quantitative estimate of drug-likeness (QED) is 0.388. The Morgan fingerprint density at radius 1 is 0.654 bits per heavy atom. The Balaban J connectivity index is 1.73. The molecular weight excluding hydrogens is 334 g/mol. The molecule has 0 aliphatic carbocycles. The van der Waals surface area contributed by atoms with Gasteiger partial charge in [0.1, 0.15) is 0 Å². The van der Waals surface area contributed by atoms with Gasteiger partial charge in [0.2, 0.25) is 0 Å². The first-order valence-corrected chi connectivity index (χ1v) is 10.2. The van der Waals surface area contributed by atoms with Crippen LogP contribution in [0, 0.1) is 0 Å². The van der Waals surface area contributed by atoms with E-state index in [0.717, 1.165) is 5.69 Å². The van der Waals surface area contributed by atoms with Crippen molar-refractivity contribution in [3.63, 3.8) is 0 Å². The largest absolute Gasteiger partial charge is 0.355 e. The third-order valence-corrected chi connectivity index (χ3v) is 6.11. The topological polar surface area (TPSA) is 12.0 Å². The second kappa shape index (κ2) is 6.77. The summed E-state index contributed by atoms with van der Waals surface area (Å²) in [7, 11) is 0. The van der Waals surface area contributed by atoms with Crippen molar-refractivity contribution < 1.29 is 0 Å². The van der Waals surface area contributed by atoms with Crippen molar-refractivity contribution in [2.45, 2.75) is 39.5 Å². The summed E-state index contributed by atoms with van der Waals surface area (Å²) in [5.74, 6) is 1.05. The van der Waals surface area contributed by atoms with E-state index >= 15 is 0 Å². The zero-order chi connectivity index (χ0) is 18.3. The molecule has 0 bridgehead atoms. The monoisotopic (exact) mass is 359 g/mol. The Hall–Kier alpha value is -2.32. The molecule has 1 N–H and O–H groups in total. The molecule has 0 saturated heterocycles. The number of nitrogens with one attached hydrogen (secondary N) is 1. The van der Waals surface area contributed by atoms with Gasteiger partial charge in [-0.3, -0.25) is 0 Å². The lowest BCUT2D eigenvalue weighted by Crippen LogP contribution is -1.98. The summed E-state index contributed by atoms with van der Waals surface area (Å²) in [4.78, 5) is 0. The van der Waals surface area contributed by atoms with Crippen molar-refractivity contribution in [3.8, 4) is 0 Å². The van der Waals surface area contributed by atoms with Gasteiger partial charge in [0.15, 0.2) is 0 Å².